The number of aliphatic hydroxyl groups excluding tert-OH is 1. The summed E-state index contributed by atoms with van der Waals surface area (Å²) in [6.07, 6.45) is -8.06. The fourth-order valence-corrected chi connectivity index (χ4v) is 1.55. The van der Waals surface area contributed by atoms with Crippen molar-refractivity contribution in [3.05, 3.63) is 0 Å². The summed E-state index contributed by atoms with van der Waals surface area (Å²) in [6.45, 7) is -0.125. The van der Waals surface area contributed by atoms with Crippen molar-refractivity contribution in [2.45, 2.75) is 24.4 Å². The number of ether oxygens (including phenoxy) is 1. The Kier molecular flexibility index (Phi) is 4.17. The quantitative estimate of drug-likeness (QED) is 0.622. The zero-order valence-corrected chi connectivity index (χ0v) is 9.69. The highest BCUT2D eigenvalue weighted by Gasteiger charge is 2.48. The van der Waals surface area contributed by atoms with E-state index in [-0.39, 0.29) is 6.54 Å². The van der Waals surface area contributed by atoms with E-state index in [2.05, 4.69) is 10.1 Å². The third-order valence-electron chi connectivity index (χ3n) is 2.44. The third kappa shape index (κ3) is 3.10. The lowest BCUT2D eigenvalue weighted by atomic mass is 10.1. The Bertz CT molecular complexity index is 345. The van der Waals surface area contributed by atoms with Crippen molar-refractivity contribution < 1.29 is 32.6 Å². The van der Waals surface area contributed by atoms with E-state index in [0.29, 0.717) is 0 Å². The Hall–Kier alpha value is -1.35. The standard InChI is InChI=1S/C9H13F3N2O4/c1-14(2)7(16)5-6(4(15)3-13-5)18-8(17)9(10,11)12/h4-6,13,15H,3H2,1-2H3/t4?,5-,6?/m0/s1. The van der Waals surface area contributed by atoms with E-state index in [0.717, 1.165) is 4.90 Å². The number of carbonyl (C=O) groups excluding carboxylic acids is 2. The number of nitrogens with one attached hydrogen (secondary N) is 1. The predicted molar refractivity (Wildman–Crippen MR) is 52.4 cm³/mol. The van der Waals surface area contributed by atoms with E-state index >= 15 is 0 Å². The molecule has 0 spiro atoms. The molecule has 104 valence electrons. The van der Waals surface area contributed by atoms with Crippen LogP contribution in [0, 0.1) is 0 Å². The van der Waals surface area contributed by atoms with Gasteiger partial charge in [-0.3, -0.25) is 10.1 Å². The van der Waals surface area contributed by atoms with Gasteiger partial charge in [-0.05, 0) is 0 Å². The van der Waals surface area contributed by atoms with E-state index in [9.17, 15) is 27.9 Å². The molecule has 1 rings (SSSR count). The van der Waals surface area contributed by atoms with Gasteiger partial charge in [0.25, 0.3) is 0 Å². The molecule has 6 nitrogen and oxygen atoms in total. The number of amides is 1. The Morgan fingerprint density at radius 3 is 2.39 bits per heavy atom. The molecule has 0 aliphatic carbocycles. The van der Waals surface area contributed by atoms with Gasteiger partial charge in [0.2, 0.25) is 5.91 Å². The van der Waals surface area contributed by atoms with Gasteiger partial charge in [0.1, 0.15) is 12.1 Å². The van der Waals surface area contributed by atoms with Gasteiger partial charge in [0.05, 0.1) is 0 Å². The zero-order chi connectivity index (χ0) is 14.1. The summed E-state index contributed by atoms with van der Waals surface area (Å²) >= 11 is 0. The normalized spacial score (nSPS) is 28.0. The van der Waals surface area contributed by atoms with Crippen LogP contribution in [0.3, 0.4) is 0 Å². The Morgan fingerprint density at radius 2 is 1.94 bits per heavy atom. The second-order valence-electron chi connectivity index (χ2n) is 4.05. The number of esters is 1. The fraction of sp³-hybridized carbons (Fsp3) is 0.778. The molecule has 0 radical (unpaired) electrons. The lowest BCUT2D eigenvalue weighted by Gasteiger charge is -2.23. The molecule has 1 amide bonds. The number of nitrogens with zero attached hydrogens (tertiary/aromatic N) is 1. The molecular formula is C9H13F3N2O4. The molecule has 0 saturated carbocycles. The Morgan fingerprint density at radius 1 is 1.39 bits per heavy atom. The number of hydrogen-bond acceptors (Lipinski definition) is 5. The lowest BCUT2D eigenvalue weighted by molar-refractivity contribution is -0.208. The number of likely N-dealkylation sites (N-methyl/N-ethyl adjacent to an activating group) is 1. The summed E-state index contributed by atoms with van der Waals surface area (Å²) in [7, 11) is 2.80. The van der Waals surface area contributed by atoms with E-state index in [1.807, 2.05) is 0 Å². The first-order valence-corrected chi connectivity index (χ1v) is 5.05. The van der Waals surface area contributed by atoms with Crippen LogP contribution in [-0.2, 0) is 14.3 Å². The van der Waals surface area contributed by atoms with Crippen LogP contribution in [0.4, 0.5) is 13.2 Å². The molecular weight excluding hydrogens is 257 g/mol. The second-order valence-corrected chi connectivity index (χ2v) is 4.05. The molecule has 0 aromatic heterocycles. The predicted octanol–water partition coefficient (Wildman–Crippen LogP) is -1.12. The van der Waals surface area contributed by atoms with Crippen LogP contribution in [-0.4, -0.2) is 66.9 Å². The van der Waals surface area contributed by atoms with Crippen molar-refractivity contribution in [2.24, 2.45) is 0 Å². The molecule has 18 heavy (non-hydrogen) atoms. The average Bonchev–Trinajstić information content (AvgIpc) is 2.58. The van der Waals surface area contributed by atoms with Gasteiger partial charge in [-0.1, -0.05) is 0 Å². The first-order chi connectivity index (χ1) is 8.14. The first-order valence-electron chi connectivity index (χ1n) is 5.05. The zero-order valence-electron chi connectivity index (χ0n) is 9.69. The fourth-order valence-electron chi connectivity index (χ4n) is 1.55. The number of hydrogen-bond donors (Lipinski definition) is 2. The molecule has 2 unspecified atom stereocenters. The summed E-state index contributed by atoms with van der Waals surface area (Å²) in [5.74, 6) is -3.00. The summed E-state index contributed by atoms with van der Waals surface area (Å²) in [5, 5.41) is 11.9. The highest BCUT2D eigenvalue weighted by atomic mass is 19.4. The lowest BCUT2D eigenvalue weighted by Crippen LogP contribution is -2.49. The molecule has 1 heterocycles. The minimum absolute atomic E-state index is 0.125. The number of aliphatic hydroxyl groups is 1. The number of β-amino-alcohol motifs (C(OH)–C–C–N with tert-alkyl or cyclic N) is 1. The van der Waals surface area contributed by atoms with Gasteiger partial charge in [0.15, 0.2) is 6.10 Å². The van der Waals surface area contributed by atoms with E-state index in [1.54, 1.807) is 0 Å². The van der Waals surface area contributed by atoms with Crippen LogP contribution in [0.25, 0.3) is 0 Å². The maximum Gasteiger partial charge on any atom is 0.490 e. The van der Waals surface area contributed by atoms with Crippen molar-refractivity contribution in [1.82, 2.24) is 10.2 Å². The second kappa shape index (κ2) is 5.11. The van der Waals surface area contributed by atoms with Crippen LogP contribution in [0.5, 0.6) is 0 Å². The number of alkyl halides is 3. The highest BCUT2D eigenvalue weighted by molar-refractivity contribution is 5.83. The van der Waals surface area contributed by atoms with Crippen LogP contribution in [0.2, 0.25) is 0 Å². The van der Waals surface area contributed by atoms with Gasteiger partial charge < -0.3 is 14.7 Å². The van der Waals surface area contributed by atoms with Crippen molar-refractivity contribution in [1.29, 1.82) is 0 Å². The van der Waals surface area contributed by atoms with E-state index < -0.39 is 36.3 Å². The maximum absolute atomic E-state index is 12.0. The molecule has 3 atom stereocenters. The van der Waals surface area contributed by atoms with Crippen LogP contribution in [0.15, 0.2) is 0 Å². The molecule has 0 bridgehead atoms. The van der Waals surface area contributed by atoms with Crippen LogP contribution < -0.4 is 5.32 Å². The van der Waals surface area contributed by atoms with Crippen LogP contribution in [0.1, 0.15) is 0 Å². The molecule has 0 aromatic carbocycles. The number of carbonyl (C=O) groups is 2. The van der Waals surface area contributed by atoms with Crippen molar-refractivity contribution in [2.75, 3.05) is 20.6 Å². The minimum Gasteiger partial charge on any atom is -0.451 e. The summed E-state index contributed by atoms with van der Waals surface area (Å²) in [4.78, 5) is 23.4. The molecule has 1 saturated heterocycles. The highest BCUT2D eigenvalue weighted by Crippen LogP contribution is 2.21. The molecule has 1 aliphatic rings. The van der Waals surface area contributed by atoms with Gasteiger partial charge >= 0.3 is 12.1 Å². The van der Waals surface area contributed by atoms with Gasteiger partial charge in [-0.15, -0.1) is 0 Å². The summed E-state index contributed by atoms with van der Waals surface area (Å²) < 4.78 is 40.3. The van der Waals surface area contributed by atoms with Crippen molar-refractivity contribution in [3.8, 4) is 0 Å². The topological polar surface area (TPSA) is 78.9 Å². The number of halogens is 3. The molecule has 0 aromatic rings. The first kappa shape index (κ1) is 14.7. The van der Waals surface area contributed by atoms with Gasteiger partial charge in [0, 0.05) is 20.6 Å². The molecule has 1 aliphatic heterocycles. The third-order valence-corrected chi connectivity index (χ3v) is 2.44. The minimum atomic E-state index is -5.16. The van der Waals surface area contributed by atoms with Crippen LogP contribution >= 0.6 is 0 Å². The summed E-state index contributed by atoms with van der Waals surface area (Å²) in [5.41, 5.74) is 0. The monoisotopic (exact) mass is 270 g/mol. The largest absolute Gasteiger partial charge is 0.490 e. The molecule has 2 N–H and O–H groups in total. The van der Waals surface area contributed by atoms with Crippen molar-refractivity contribution >= 4 is 11.9 Å². The molecule has 1 fully saturated rings. The van der Waals surface area contributed by atoms with E-state index in [4.69, 9.17) is 0 Å². The van der Waals surface area contributed by atoms with Gasteiger partial charge in [-0.25, -0.2) is 4.79 Å². The maximum atomic E-state index is 12.0. The van der Waals surface area contributed by atoms with E-state index in [1.165, 1.54) is 14.1 Å². The van der Waals surface area contributed by atoms with Crippen molar-refractivity contribution in [3.63, 3.8) is 0 Å². The summed E-state index contributed by atoms with van der Waals surface area (Å²) in [6, 6.07) is -1.18. The Labute approximate surface area is 101 Å². The molecule has 9 heteroatoms. The number of rotatable bonds is 2. The van der Waals surface area contributed by atoms with Gasteiger partial charge in [-0.2, -0.15) is 13.2 Å². The SMILES string of the molecule is CN(C)C(=O)[C@H]1NCC(O)C1OC(=O)C(F)(F)F. The smallest absolute Gasteiger partial charge is 0.451 e. The Balaban J connectivity index is 2.77. The average molecular weight is 270 g/mol.